The fourth-order valence-electron chi connectivity index (χ4n) is 7.00. The van der Waals surface area contributed by atoms with Gasteiger partial charge in [-0.15, -0.1) is 6.58 Å². The molecule has 3 aliphatic carbocycles. The largest absolute Gasteiger partial charge is 0.490 e. The van der Waals surface area contributed by atoms with Crippen molar-refractivity contribution in [2.24, 2.45) is 47.2 Å². The van der Waals surface area contributed by atoms with E-state index in [1.165, 1.54) is 6.08 Å². The van der Waals surface area contributed by atoms with E-state index in [0.29, 0.717) is 17.8 Å². The molecule has 1 amide bonds. The number of Topliss-reactive ketones (excluding diaryl/α,β-unsaturated/α-hetero) is 1. The number of hydrogen-bond acceptors (Lipinski definition) is 4. The first-order chi connectivity index (χ1) is 15.9. The van der Waals surface area contributed by atoms with Gasteiger partial charge in [0.15, 0.2) is 5.78 Å². The minimum Gasteiger partial charge on any atom is -0.490 e. The van der Waals surface area contributed by atoms with E-state index in [2.05, 4.69) is 25.7 Å². The van der Waals surface area contributed by atoms with Crippen LogP contribution in [0.3, 0.4) is 0 Å². The number of allylic oxidation sites excluding steroid dienone is 3. The molecule has 0 unspecified atom stereocenters. The van der Waals surface area contributed by atoms with Crippen LogP contribution in [0.15, 0.2) is 60.7 Å². The second kappa shape index (κ2) is 8.60. The van der Waals surface area contributed by atoms with Crippen molar-refractivity contribution in [3.63, 3.8) is 0 Å². The van der Waals surface area contributed by atoms with Crippen LogP contribution >= 0.6 is 0 Å². The van der Waals surface area contributed by atoms with Gasteiger partial charge in [0.1, 0.15) is 11.9 Å². The highest BCUT2D eigenvalue weighted by Gasteiger charge is 2.58. The summed E-state index contributed by atoms with van der Waals surface area (Å²) in [4.78, 5) is 26.3. The van der Waals surface area contributed by atoms with Crippen LogP contribution < -0.4 is 10.5 Å². The van der Waals surface area contributed by atoms with Crippen LogP contribution in [0.4, 0.5) is 0 Å². The van der Waals surface area contributed by atoms with Crippen LogP contribution in [0.5, 0.6) is 5.75 Å². The van der Waals surface area contributed by atoms with E-state index < -0.39 is 17.9 Å². The number of aliphatic hydroxyl groups excluding tert-OH is 1. The highest BCUT2D eigenvalue weighted by Crippen LogP contribution is 2.57. The van der Waals surface area contributed by atoms with Gasteiger partial charge in [0.2, 0.25) is 0 Å². The number of nitrogens with two attached hydrogens (primary N) is 1. The summed E-state index contributed by atoms with van der Waals surface area (Å²) in [5.41, 5.74) is 6.48. The standard InChI is InChI=1S/C28H33NO4/c1-3-17-7-11-20-22-12-15(2)4-10-21(22)27-25(20)24(17)26(31)23(28(29)32)14-18(30)13-16-5-8-19(33-27)9-6-16/h3,5-9,11,14-15,17-18,20-22,24-25,27,30H,1,4,10,12-13H2,2H3,(H2,29,32)/b23-14-/t15-,17+,18-,20+,21-,22+,24+,25+,27+/m1/s1. The predicted molar refractivity (Wildman–Crippen MR) is 126 cm³/mol. The molecule has 3 N–H and O–H groups in total. The molecule has 0 spiro atoms. The first-order valence-electron chi connectivity index (χ1n) is 12.2. The lowest BCUT2D eigenvalue weighted by Gasteiger charge is -2.38. The first kappa shape index (κ1) is 22.1. The van der Waals surface area contributed by atoms with Crippen LogP contribution in [0.25, 0.3) is 0 Å². The van der Waals surface area contributed by atoms with Crippen molar-refractivity contribution in [1.82, 2.24) is 0 Å². The van der Waals surface area contributed by atoms with E-state index in [4.69, 9.17) is 10.5 Å². The number of primary amides is 1. The number of amides is 1. The van der Waals surface area contributed by atoms with Crippen molar-refractivity contribution in [2.45, 2.75) is 44.8 Å². The van der Waals surface area contributed by atoms with E-state index in [0.717, 1.165) is 30.6 Å². The molecule has 1 aromatic rings. The molecule has 5 heteroatoms. The van der Waals surface area contributed by atoms with Crippen molar-refractivity contribution >= 4 is 11.7 Å². The van der Waals surface area contributed by atoms with Crippen molar-refractivity contribution in [2.75, 3.05) is 0 Å². The summed E-state index contributed by atoms with van der Waals surface area (Å²) >= 11 is 0. The highest BCUT2D eigenvalue weighted by atomic mass is 16.5. The molecule has 9 atom stereocenters. The minimum absolute atomic E-state index is 0.0777. The van der Waals surface area contributed by atoms with Gasteiger partial charge in [-0.2, -0.15) is 0 Å². The number of hydrogen-bond donors (Lipinski definition) is 2. The molecule has 2 heterocycles. The maximum absolute atomic E-state index is 13.9. The van der Waals surface area contributed by atoms with Crippen molar-refractivity contribution in [3.8, 4) is 5.75 Å². The molecule has 33 heavy (non-hydrogen) atoms. The summed E-state index contributed by atoms with van der Waals surface area (Å²) in [5, 5.41) is 10.7. The molecule has 5 aliphatic rings. The molecule has 174 valence electrons. The fraction of sp³-hybridized carbons (Fsp3) is 0.500. The molecular weight excluding hydrogens is 414 g/mol. The molecule has 2 bridgehead atoms. The van der Waals surface area contributed by atoms with E-state index >= 15 is 0 Å². The third-order valence-corrected chi connectivity index (χ3v) is 8.45. The summed E-state index contributed by atoms with van der Waals surface area (Å²) in [7, 11) is 0. The van der Waals surface area contributed by atoms with Gasteiger partial charge >= 0.3 is 0 Å². The molecule has 1 aromatic carbocycles. The van der Waals surface area contributed by atoms with Crippen LogP contribution in [0, 0.1) is 41.4 Å². The van der Waals surface area contributed by atoms with Gasteiger partial charge in [-0.1, -0.05) is 43.7 Å². The summed E-state index contributed by atoms with van der Waals surface area (Å²) < 4.78 is 6.69. The number of benzene rings is 1. The molecule has 5 nitrogen and oxygen atoms in total. The fourth-order valence-corrected chi connectivity index (χ4v) is 7.00. The number of rotatable bonds is 2. The topological polar surface area (TPSA) is 89.6 Å². The number of carbonyl (C=O) groups excluding carboxylic acids is 2. The van der Waals surface area contributed by atoms with E-state index in [-0.39, 0.29) is 41.6 Å². The highest BCUT2D eigenvalue weighted by molar-refractivity contribution is 6.19. The van der Waals surface area contributed by atoms with E-state index in [9.17, 15) is 14.7 Å². The van der Waals surface area contributed by atoms with Crippen LogP contribution in [-0.4, -0.2) is 29.0 Å². The average molecular weight is 448 g/mol. The van der Waals surface area contributed by atoms with Gasteiger partial charge in [0, 0.05) is 24.2 Å². The number of aliphatic hydroxyl groups is 1. The normalized spacial score (nSPS) is 41.3. The third-order valence-electron chi connectivity index (χ3n) is 8.45. The lowest BCUT2D eigenvalue weighted by atomic mass is 9.66. The Morgan fingerprint density at radius 1 is 1.18 bits per heavy atom. The molecule has 0 radical (unpaired) electrons. The SMILES string of the molecule is C=C[C@H]1C=C[C@H]2[C@@H]3C[C@H](C)CC[C@H]3[C@@H]3Oc4ccc(cc4)C[C@@H](O)/C=C(\C(N)=O)C(=O)[C@@H]1[C@H]23. The van der Waals surface area contributed by atoms with Gasteiger partial charge in [-0.05, 0) is 60.3 Å². The maximum atomic E-state index is 13.9. The molecule has 0 aromatic heterocycles. The van der Waals surface area contributed by atoms with Crippen LogP contribution in [-0.2, 0) is 16.0 Å². The van der Waals surface area contributed by atoms with E-state index in [1.807, 2.05) is 24.3 Å². The third kappa shape index (κ3) is 3.86. The first-order valence-corrected chi connectivity index (χ1v) is 12.2. The predicted octanol–water partition coefficient (Wildman–Crippen LogP) is 3.62. The summed E-state index contributed by atoms with van der Waals surface area (Å²) in [6.45, 7) is 6.30. The average Bonchev–Trinajstić information content (AvgIpc) is 3.10. The minimum atomic E-state index is -0.983. The number of fused-ring (bicyclic) bond motifs is 7. The Morgan fingerprint density at radius 3 is 2.64 bits per heavy atom. The Hall–Kier alpha value is -2.66. The summed E-state index contributed by atoms with van der Waals surface area (Å²) in [6.07, 6.45) is 10.0. The smallest absolute Gasteiger partial charge is 0.252 e. The lowest BCUT2D eigenvalue weighted by Crippen LogP contribution is -2.44. The Bertz CT molecular complexity index is 1010. The Kier molecular flexibility index (Phi) is 5.77. The van der Waals surface area contributed by atoms with Gasteiger partial charge in [0.05, 0.1) is 11.7 Å². The van der Waals surface area contributed by atoms with Gasteiger partial charge < -0.3 is 15.6 Å². The Morgan fingerprint density at radius 2 is 1.94 bits per heavy atom. The summed E-state index contributed by atoms with van der Waals surface area (Å²) in [6, 6.07) is 7.78. The maximum Gasteiger partial charge on any atom is 0.252 e. The second-order valence-corrected chi connectivity index (χ2v) is 10.4. The van der Waals surface area contributed by atoms with Gasteiger partial charge in [0.25, 0.3) is 5.91 Å². The molecule has 2 saturated carbocycles. The van der Waals surface area contributed by atoms with Crippen LogP contribution in [0.1, 0.15) is 31.7 Å². The van der Waals surface area contributed by atoms with Crippen molar-refractivity contribution in [1.29, 1.82) is 0 Å². The van der Waals surface area contributed by atoms with Crippen molar-refractivity contribution in [3.05, 3.63) is 66.3 Å². The molecule has 6 rings (SSSR count). The van der Waals surface area contributed by atoms with E-state index in [1.54, 1.807) is 6.08 Å². The lowest BCUT2D eigenvalue weighted by molar-refractivity contribution is -0.126. The Balaban J connectivity index is 1.67. The van der Waals surface area contributed by atoms with Gasteiger partial charge in [-0.3, -0.25) is 9.59 Å². The molecule has 2 fully saturated rings. The zero-order chi connectivity index (χ0) is 23.3. The number of ketones is 1. The molecule has 2 aliphatic heterocycles. The second-order valence-electron chi connectivity index (χ2n) is 10.4. The number of carbonyl (C=O) groups is 2. The Labute approximate surface area is 195 Å². The van der Waals surface area contributed by atoms with Crippen molar-refractivity contribution < 1.29 is 19.4 Å². The van der Waals surface area contributed by atoms with Gasteiger partial charge in [-0.25, -0.2) is 0 Å². The molecule has 0 saturated heterocycles. The zero-order valence-corrected chi connectivity index (χ0v) is 19.1. The quantitative estimate of drug-likeness (QED) is 0.535. The zero-order valence-electron chi connectivity index (χ0n) is 19.1. The summed E-state index contributed by atoms with van der Waals surface area (Å²) in [5.74, 6) is 0.565. The van der Waals surface area contributed by atoms with Crippen LogP contribution in [0.2, 0.25) is 0 Å². The monoisotopic (exact) mass is 447 g/mol. The molecular formula is C28H33NO4. The number of ether oxygens (including phenoxy) is 1.